The molecule has 0 N–H and O–H groups in total. The smallest absolute Gasteiger partial charge is 0.129 e. The van der Waals surface area contributed by atoms with Crippen molar-refractivity contribution >= 4 is 17.7 Å². The van der Waals surface area contributed by atoms with Gasteiger partial charge in [0.25, 0.3) is 0 Å². The number of carbonyl (C=O) groups excluding carboxylic acids is 1. The van der Waals surface area contributed by atoms with Crippen LogP contribution in [0.3, 0.4) is 0 Å². The predicted octanol–water partition coefficient (Wildman–Crippen LogP) is 3.59. The molecule has 1 heterocycles. The van der Waals surface area contributed by atoms with Gasteiger partial charge in [0.1, 0.15) is 11.5 Å². The fourth-order valence-electron chi connectivity index (χ4n) is 2.54. The Labute approximate surface area is 114 Å². The van der Waals surface area contributed by atoms with Gasteiger partial charge in [0.2, 0.25) is 0 Å². The summed E-state index contributed by atoms with van der Waals surface area (Å²) in [6, 6.07) is 5.89. The Morgan fingerprint density at radius 2 is 2.32 bits per heavy atom. The highest BCUT2D eigenvalue weighted by molar-refractivity contribution is 5.87. The van der Waals surface area contributed by atoms with Crippen LogP contribution in [0.4, 0.5) is 5.69 Å². The average Bonchev–Trinajstić information content (AvgIpc) is 2.76. The Morgan fingerprint density at radius 1 is 1.53 bits per heavy atom. The van der Waals surface area contributed by atoms with E-state index in [0.717, 1.165) is 29.8 Å². The molecule has 1 aliphatic heterocycles. The van der Waals surface area contributed by atoms with E-state index >= 15 is 0 Å². The quantitative estimate of drug-likeness (QED) is 0.730. The first-order valence-corrected chi connectivity index (χ1v) is 6.45. The number of ketones is 1. The third-order valence-corrected chi connectivity index (χ3v) is 3.62. The molecule has 0 aromatic heterocycles. The molecule has 0 aliphatic carbocycles. The number of hydrogen-bond acceptors (Lipinski definition) is 3. The molecular weight excluding hydrogens is 238 g/mol. The van der Waals surface area contributed by atoms with Crippen molar-refractivity contribution in [1.82, 2.24) is 0 Å². The molecule has 0 unspecified atom stereocenters. The van der Waals surface area contributed by atoms with Crippen molar-refractivity contribution in [3.05, 3.63) is 36.4 Å². The molecule has 3 nitrogen and oxygen atoms in total. The number of nitrogens with zero attached hydrogens (tertiary/aromatic N) is 1. The summed E-state index contributed by atoms with van der Waals surface area (Å²) in [7, 11) is 1.66. The highest BCUT2D eigenvalue weighted by atomic mass is 16.5. The van der Waals surface area contributed by atoms with Crippen molar-refractivity contribution in [3.63, 3.8) is 0 Å². The van der Waals surface area contributed by atoms with Crippen LogP contribution in [0, 0.1) is 0 Å². The van der Waals surface area contributed by atoms with Gasteiger partial charge in [0, 0.05) is 18.1 Å². The van der Waals surface area contributed by atoms with Crippen molar-refractivity contribution in [2.45, 2.75) is 31.6 Å². The Morgan fingerprint density at radius 3 is 2.95 bits per heavy atom. The maximum absolute atomic E-state index is 11.3. The second-order valence-corrected chi connectivity index (χ2v) is 4.99. The summed E-state index contributed by atoms with van der Waals surface area (Å²) >= 11 is 0. The first kappa shape index (κ1) is 13.5. The topological polar surface area (TPSA) is 38.7 Å². The van der Waals surface area contributed by atoms with E-state index in [0.29, 0.717) is 6.42 Å². The van der Waals surface area contributed by atoms with Gasteiger partial charge in [-0.15, -0.1) is 6.58 Å². The summed E-state index contributed by atoms with van der Waals surface area (Å²) in [4.78, 5) is 15.8. The van der Waals surface area contributed by atoms with E-state index in [1.165, 1.54) is 0 Å². The predicted molar refractivity (Wildman–Crippen MR) is 77.6 cm³/mol. The third-order valence-electron chi connectivity index (χ3n) is 3.62. The van der Waals surface area contributed by atoms with Crippen LogP contribution in [0.15, 0.2) is 35.8 Å². The third kappa shape index (κ3) is 2.60. The number of fused-ring (bicyclic) bond motifs is 1. The van der Waals surface area contributed by atoms with Gasteiger partial charge in [0.05, 0.1) is 12.8 Å². The van der Waals surface area contributed by atoms with Crippen molar-refractivity contribution in [1.29, 1.82) is 0 Å². The van der Waals surface area contributed by atoms with E-state index in [4.69, 9.17) is 4.74 Å². The van der Waals surface area contributed by atoms with Crippen LogP contribution in [-0.2, 0) is 10.2 Å². The van der Waals surface area contributed by atoms with E-state index in [9.17, 15) is 4.79 Å². The molecule has 100 valence electrons. The van der Waals surface area contributed by atoms with Gasteiger partial charge in [-0.1, -0.05) is 6.08 Å². The summed E-state index contributed by atoms with van der Waals surface area (Å²) in [5.41, 5.74) is 1.89. The Hall–Kier alpha value is -1.90. The minimum Gasteiger partial charge on any atom is -0.497 e. The van der Waals surface area contributed by atoms with E-state index in [1.807, 2.05) is 30.5 Å². The van der Waals surface area contributed by atoms with E-state index in [-0.39, 0.29) is 11.2 Å². The van der Waals surface area contributed by atoms with Crippen LogP contribution in [-0.4, -0.2) is 19.1 Å². The summed E-state index contributed by atoms with van der Waals surface area (Å²) in [6.45, 7) is 5.46. The van der Waals surface area contributed by atoms with Crippen molar-refractivity contribution in [3.8, 4) is 5.75 Å². The Bertz CT molecular complexity index is 534. The highest BCUT2D eigenvalue weighted by Gasteiger charge is 2.35. The van der Waals surface area contributed by atoms with Crippen LogP contribution in [0.1, 0.15) is 31.7 Å². The molecule has 1 aliphatic rings. The molecule has 2 rings (SSSR count). The molecule has 0 saturated heterocycles. The van der Waals surface area contributed by atoms with Gasteiger partial charge in [-0.05, 0) is 43.5 Å². The zero-order valence-electron chi connectivity index (χ0n) is 11.5. The number of ether oxygens (including phenoxy) is 1. The number of benzene rings is 1. The molecule has 1 aromatic carbocycles. The molecule has 0 saturated carbocycles. The molecule has 0 radical (unpaired) electrons. The number of Topliss-reactive ketones (excluding diaryl/α,β-unsaturated/α-hetero) is 1. The standard InChI is InChI=1S/C16H19NO2/c1-4-8-16(9-7-12(2)18)11-17-15-6-5-13(19-3)10-14(15)16/h4-6,10-11H,1,7-9H2,2-3H3/t16-/m0/s1. The average molecular weight is 257 g/mol. The SMILES string of the molecule is C=CC[C@]1(CCC(C)=O)C=Nc2ccc(OC)cc21. The van der Waals surface area contributed by atoms with Gasteiger partial charge in [-0.3, -0.25) is 4.99 Å². The lowest BCUT2D eigenvalue weighted by Gasteiger charge is -2.26. The highest BCUT2D eigenvalue weighted by Crippen LogP contribution is 2.44. The second kappa shape index (κ2) is 5.39. The lowest BCUT2D eigenvalue weighted by Crippen LogP contribution is -2.25. The molecule has 1 aromatic rings. The zero-order chi connectivity index (χ0) is 13.9. The number of rotatable bonds is 6. The maximum atomic E-state index is 11.3. The van der Waals surface area contributed by atoms with Gasteiger partial charge < -0.3 is 9.53 Å². The molecule has 0 bridgehead atoms. The van der Waals surface area contributed by atoms with Gasteiger partial charge >= 0.3 is 0 Å². The largest absolute Gasteiger partial charge is 0.497 e. The Balaban J connectivity index is 2.39. The molecule has 3 heteroatoms. The van der Waals surface area contributed by atoms with E-state index in [1.54, 1.807) is 14.0 Å². The van der Waals surface area contributed by atoms with E-state index < -0.39 is 0 Å². The summed E-state index contributed by atoms with van der Waals surface area (Å²) in [5.74, 6) is 1.02. The van der Waals surface area contributed by atoms with Gasteiger partial charge in [-0.25, -0.2) is 0 Å². The summed E-state index contributed by atoms with van der Waals surface area (Å²) < 4.78 is 5.29. The number of allylic oxidation sites excluding steroid dienone is 1. The molecular formula is C16H19NO2. The summed E-state index contributed by atoms with van der Waals surface area (Å²) in [5, 5.41) is 0. The monoisotopic (exact) mass is 257 g/mol. The Kier molecular flexibility index (Phi) is 3.84. The number of methoxy groups -OCH3 is 1. The second-order valence-electron chi connectivity index (χ2n) is 4.99. The molecule has 0 fully saturated rings. The van der Waals surface area contributed by atoms with Crippen LogP contribution >= 0.6 is 0 Å². The van der Waals surface area contributed by atoms with Crippen LogP contribution in [0.2, 0.25) is 0 Å². The maximum Gasteiger partial charge on any atom is 0.129 e. The fourth-order valence-corrected chi connectivity index (χ4v) is 2.54. The fraction of sp³-hybridized carbons (Fsp3) is 0.375. The zero-order valence-corrected chi connectivity index (χ0v) is 11.5. The minimum absolute atomic E-state index is 0.202. The lowest BCUT2D eigenvalue weighted by molar-refractivity contribution is -0.117. The van der Waals surface area contributed by atoms with Crippen LogP contribution in [0.5, 0.6) is 5.75 Å². The first-order chi connectivity index (χ1) is 9.11. The van der Waals surface area contributed by atoms with Crippen molar-refractivity contribution in [2.75, 3.05) is 7.11 Å². The van der Waals surface area contributed by atoms with Crippen LogP contribution in [0.25, 0.3) is 0 Å². The summed E-state index contributed by atoms with van der Waals surface area (Å²) in [6.07, 6.45) is 5.95. The van der Waals surface area contributed by atoms with E-state index in [2.05, 4.69) is 11.6 Å². The molecule has 0 amide bonds. The number of carbonyl (C=O) groups is 1. The first-order valence-electron chi connectivity index (χ1n) is 6.45. The number of aliphatic imine (C=N–C) groups is 1. The molecule has 0 spiro atoms. The normalized spacial score (nSPS) is 20.1. The lowest BCUT2D eigenvalue weighted by atomic mass is 9.75. The molecule has 19 heavy (non-hydrogen) atoms. The molecule has 1 atom stereocenters. The van der Waals surface area contributed by atoms with Crippen molar-refractivity contribution < 1.29 is 9.53 Å². The van der Waals surface area contributed by atoms with Crippen LogP contribution < -0.4 is 4.74 Å². The number of hydrogen-bond donors (Lipinski definition) is 0. The van der Waals surface area contributed by atoms with Gasteiger partial charge in [0.15, 0.2) is 0 Å². The van der Waals surface area contributed by atoms with Gasteiger partial charge in [-0.2, -0.15) is 0 Å². The van der Waals surface area contributed by atoms with Crippen molar-refractivity contribution in [2.24, 2.45) is 4.99 Å². The minimum atomic E-state index is -0.211.